The van der Waals surface area contributed by atoms with Gasteiger partial charge in [-0.15, -0.1) is 11.3 Å². The predicted octanol–water partition coefficient (Wildman–Crippen LogP) is 4.53. The number of nitrogens with zero attached hydrogens (tertiary/aromatic N) is 1. The van der Waals surface area contributed by atoms with Gasteiger partial charge in [0.1, 0.15) is 17.3 Å². The SMILES string of the molecule is COc1ccc(OC)c(Nc2nc(CC(=O)Nc3ccc(C)c(F)c3)cs2)c1. The highest BCUT2D eigenvalue weighted by atomic mass is 32.1. The van der Waals surface area contributed by atoms with Crippen LogP contribution in [0.15, 0.2) is 41.8 Å². The van der Waals surface area contributed by atoms with Crippen LogP contribution < -0.4 is 20.1 Å². The third-order valence-corrected chi connectivity index (χ3v) is 4.80. The molecule has 2 N–H and O–H groups in total. The zero-order chi connectivity index (χ0) is 20.1. The molecular weight excluding hydrogens is 381 g/mol. The van der Waals surface area contributed by atoms with Crippen molar-refractivity contribution in [1.29, 1.82) is 0 Å². The van der Waals surface area contributed by atoms with Crippen LogP contribution in [0.2, 0.25) is 0 Å². The number of anilines is 3. The van der Waals surface area contributed by atoms with Gasteiger partial charge in [0.25, 0.3) is 0 Å². The van der Waals surface area contributed by atoms with E-state index in [1.807, 2.05) is 0 Å². The van der Waals surface area contributed by atoms with Gasteiger partial charge in [-0.3, -0.25) is 4.79 Å². The van der Waals surface area contributed by atoms with E-state index in [1.165, 1.54) is 17.4 Å². The summed E-state index contributed by atoms with van der Waals surface area (Å²) in [6.07, 6.45) is 0.0862. The van der Waals surface area contributed by atoms with Crippen molar-refractivity contribution in [2.24, 2.45) is 0 Å². The maximum absolute atomic E-state index is 13.6. The fourth-order valence-electron chi connectivity index (χ4n) is 2.51. The Hall–Kier alpha value is -3.13. The number of benzene rings is 2. The summed E-state index contributed by atoms with van der Waals surface area (Å²) in [5.41, 5.74) is 2.27. The first-order valence-corrected chi connectivity index (χ1v) is 9.36. The molecule has 2 aromatic carbocycles. The highest BCUT2D eigenvalue weighted by molar-refractivity contribution is 7.13. The quantitative estimate of drug-likeness (QED) is 0.608. The molecular formula is C20H20FN3O3S. The van der Waals surface area contributed by atoms with Crippen molar-refractivity contribution in [3.8, 4) is 11.5 Å². The Bertz CT molecular complexity index is 991. The van der Waals surface area contributed by atoms with Crippen molar-refractivity contribution in [3.63, 3.8) is 0 Å². The maximum atomic E-state index is 13.6. The van der Waals surface area contributed by atoms with Crippen molar-refractivity contribution in [2.75, 3.05) is 24.9 Å². The minimum absolute atomic E-state index is 0.0862. The zero-order valence-corrected chi connectivity index (χ0v) is 16.5. The van der Waals surface area contributed by atoms with E-state index in [1.54, 1.807) is 56.9 Å². The van der Waals surface area contributed by atoms with Crippen molar-refractivity contribution in [3.05, 3.63) is 58.9 Å². The summed E-state index contributed by atoms with van der Waals surface area (Å²) < 4.78 is 24.2. The smallest absolute Gasteiger partial charge is 0.230 e. The van der Waals surface area contributed by atoms with E-state index >= 15 is 0 Å². The van der Waals surface area contributed by atoms with Crippen LogP contribution in [0.1, 0.15) is 11.3 Å². The van der Waals surface area contributed by atoms with Gasteiger partial charge in [-0.25, -0.2) is 9.37 Å². The lowest BCUT2D eigenvalue weighted by atomic mass is 10.2. The Morgan fingerprint density at radius 2 is 2.00 bits per heavy atom. The highest BCUT2D eigenvalue weighted by Crippen LogP contribution is 2.32. The van der Waals surface area contributed by atoms with Gasteiger partial charge in [-0.05, 0) is 36.8 Å². The normalized spacial score (nSPS) is 10.4. The molecule has 28 heavy (non-hydrogen) atoms. The van der Waals surface area contributed by atoms with Crippen LogP contribution in [0, 0.1) is 12.7 Å². The second-order valence-electron chi connectivity index (χ2n) is 6.02. The number of nitrogens with one attached hydrogen (secondary N) is 2. The number of carbonyl (C=O) groups is 1. The standard InChI is InChI=1S/C20H20FN3O3S/c1-12-4-5-13(8-16(12)21)22-19(25)9-14-11-28-20(23-14)24-17-10-15(26-2)6-7-18(17)27-3/h4-8,10-11H,9H2,1-3H3,(H,22,25)(H,23,24). The molecule has 1 amide bonds. The lowest BCUT2D eigenvalue weighted by Crippen LogP contribution is -2.14. The molecule has 0 bridgehead atoms. The number of aryl methyl sites for hydroxylation is 1. The summed E-state index contributed by atoms with van der Waals surface area (Å²) in [5.74, 6) is 0.714. The third-order valence-electron chi connectivity index (χ3n) is 4.00. The second-order valence-corrected chi connectivity index (χ2v) is 6.88. The van der Waals surface area contributed by atoms with Crippen molar-refractivity contribution < 1.29 is 18.7 Å². The molecule has 8 heteroatoms. The minimum Gasteiger partial charge on any atom is -0.497 e. The molecule has 3 aromatic rings. The second kappa shape index (κ2) is 8.71. The van der Waals surface area contributed by atoms with Crippen molar-refractivity contribution >= 4 is 33.8 Å². The molecule has 3 rings (SSSR count). The molecule has 0 aliphatic heterocycles. The van der Waals surface area contributed by atoms with Crippen LogP contribution in [0.25, 0.3) is 0 Å². The van der Waals surface area contributed by atoms with Crippen LogP contribution in [0.4, 0.5) is 20.9 Å². The average molecular weight is 401 g/mol. The first kappa shape index (κ1) is 19.6. The van der Waals surface area contributed by atoms with Crippen LogP contribution in [-0.4, -0.2) is 25.1 Å². The van der Waals surface area contributed by atoms with Gasteiger partial charge >= 0.3 is 0 Å². The van der Waals surface area contributed by atoms with Gasteiger partial charge in [0, 0.05) is 17.1 Å². The molecule has 0 aliphatic carbocycles. The minimum atomic E-state index is -0.356. The van der Waals surface area contributed by atoms with Crippen LogP contribution in [-0.2, 0) is 11.2 Å². The van der Waals surface area contributed by atoms with Gasteiger partial charge in [0.2, 0.25) is 5.91 Å². The number of rotatable bonds is 7. The molecule has 0 fully saturated rings. The lowest BCUT2D eigenvalue weighted by Gasteiger charge is -2.10. The monoisotopic (exact) mass is 401 g/mol. The summed E-state index contributed by atoms with van der Waals surface area (Å²) in [6, 6.07) is 9.99. The topological polar surface area (TPSA) is 72.5 Å². The number of halogens is 1. The predicted molar refractivity (Wildman–Crippen MR) is 108 cm³/mol. The Labute approximate surface area is 166 Å². The molecule has 1 aromatic heterocycles. The summed E-state index contributed by atoms with van der Waals surface area (Å²) >= 11 is 1.37. The maximum Gasteiger partial charge on any atom is 0.230 e. The van der Waals surface area contributed by atoms with E-state index in [0.29, 0.717) is 39.3 Å². The van der Waals surface area contributed by atoms with E-state index in [0.717, 1.165) is 0 Å². The Balaban J connectivity index is 1.65. The Kier molecular flexibility index (Phi) is 6.10. The zero-order valence-electron chi connectivity index (χ0n) is 15.7. The summed E-state index contributed by atoms with van der Waals surface area (Å²) in [4.78, 5) is 16.6. The number of thiazole rings is 1. The van der Waals surface area contributed by atoms with E-state index in [2.05, 4.69) is 15.6 Å². The average Bonchev–Trinajstić information content (AvgIpc) is 3.11. The van der Waals surface area contributed by atoms with E-state index in [9.17, 15) is 9.18 Å². The lowest BCUT2D eigenvalue weighted by molar-refractivity contribution is -0.115. The number of methoxy groups -OCH3 is 2. The number of aromatic nitrogens is 1. The molecule has 0 spiro atoms. The summed E-state index contributed by atoms with van der Waals surface area (Å²) in [5, 5.41) is 8.27. The molecule has 0 atom stereocenters. The van der Waals surface area contributed by atoms with E-state index in [4.69, 9.17) is 9.47 Å². The molecule has 0 unspecified atom stereocenters. The van der Waals surface area contributed by atoms with Crippen LogP contribution >= 0.6 is 11.3 Å². The van der Waals surface area contributed by atoms with Crippen molar-refractivity contribution in [2.45, 2.75) is 13.3 Å². The summed E-state index contributed by atoms with van der Waals surface area (Å²) in [6.45, 7) is 1.67. The van der Waals surface area contributed by atoms with Crippen molar-refractivity contribution in [1.82, 2.24) is 4.98 Å². The molecule has 6 nitrogen and oxygen atoms in total. The number of amides is 1. The molecule has 0 radical (unpaired) electrons. The van der Waals surface area contributed by atoms with Gasteiger partial charge < -0.3 is 20.1 Å². The molecule has 1 heterocycles. The van der Waals surface area contributed by atoms with Gasteiger partial charge in [-0.2, -0.15) is 0 Å². The fourth-order valence-corrected chi connectivity index (χ4v) is 3.24. The van der Waals surface area contributed by atoms with Crippen LogP contribution in [0.5, 0.6) is 11.5 Å². The van der Waals surface area contributed by atoms with E-state index < -0.39 is 0 Å². The largest absolute Gasteiger partial charge is 0.497 e. The molecule has 0 saturated carbocycles. The Morgan fingerprint density at radius 1 is 1.18 bits per heavy atom. The number of hydrogen-bond acceptors (Lipinski definition) is 6. The van der Waals surface area contributed by atoms with Gasteiger partial charge in [-0.1, -0.05) is 6.07 Å². The third kappa shape index (κ3) is 4.77. The number of carbonyl (C=O) groups excluding carboxylic acids is 1. The highest BCUT2D eigenvalue weighted by Gasteiger charge is 2.11. The number of hydrogen-bond donors (Lipinski definition) is 2. The van der Waals surface area contributed by atoms with E-state index in [-0.39, 0.29) is 18.1 Å². The Morgan fingerprint density at radius 3 is 2.71 bits per heavy atom. The van der Waals surface area contributed by atoms with Crippen LogP contribution in [0.3, 0.4) is 0 Å². The molecule has 0 saturated heterocycles. The number of ether oxygens (including phenoxy) is 2. The molecule has 146 valence electrons. The molecule has 0 aliphatic rings. The van der Waals surface area contributed by atoms with Gasteiger partial charge in [0.05, 0.1) is 32.0 Å². The first-order valence-electron chi connectivity index (χ1n) is 8.48. The van der Waals surface area contributed by atoms with Gasteiger partial charge in [0.15, 0.2) is 5.13 Å². The first-order chi connectivity index (χ1) is 13.5. The fraction of sp³-hybridized carbons (Fsp3) is 0.200. The summed E-state index contributed by atoms with van der Waals surface area (Å²) in [7, 11) is 3.17.